The Hall–Kier alpha value is -1.63. The van der Waals surface area contributed by atoms with Gasteiger partial charge in [-0.05, 0) is 47.1 Å². The minimum absolute atomic E-state index is 0.269. The summed E-state index contributed by atoms with van der Waals surface area (Å²) in [6.07, 6.45) is -2.91. The van der Waals surface area contributed by atoms with Crippen LogP contribution in [0.1, 0.15) is 46.4 Å². The normalized spacial score (nSPS) is 29.8. The summed E-state index contributed by atoms with van der Waals surface area (Å²) in [6, 6.07) is 12.7. The molecule has 4 N–H and O–H groups in total. The van der Waals surface area contributed by atoms with Gasteiger partial charge in [-0.1, -0.05) is 54.1 Å². The monoisotopic (exact) mass is 408 g/mol. The van der Waals surface area contributed by atoms with Gasteiger partial charge in [0.15, 0.2) is 0 Å². The minimum atomic E-state index is -1.37. The molecule has 0 bridgehead atoms. The number of rotatable bonds is 5. The molecule has 5 atom stereocenters. The molecule has 4 rings (SSSR count). The molecule has 1 aliphatic heterocycles. The summed E-state index contributed by atoms with van der Waals surface area (Å²) < 4.78 is 5.75. The molecule has 0 amide bonds. The topological polar surface area (TPSA) is 90.2 Å². The molecule has 0 unspecified atom stereocenters. The van der Waals surface area contributed by atoms with Crippen molar-refractivity contribution in [2.45, 2.75) is 61.9 Å². The lowest BCUT2D eigenvalue weighted by Gasteiger charge is -2.40. The molecule has 2 aromatic rings. The number of hydrogen-bond acceptors (Lipinski definition) is 5. The van der Waals surface area contributed by atoms with E-state index >= 15 is 0 Å². The third kappa shape index (κ3) is 3.74. The zero-order valence-electron chi connectivity index (χ0n) is 17.9. The van der Waals surface area contributed by atoms with E-state index in [4.69, 9.17) is 4.74 Å². The van der Waals surface area contributed by atoms with Crippen molar-refractivity contribution in [1.29, 1.82) is 0 Å². The van der Waals surface area contributed by atoms with E-state index in [0.717, 1.165) is 30.4 Å². The Labute approximate surface area is 179 Å². The number of aliphatic hydroxyl groups excluding tert-OH is 4. The highest BCUT2D eigenvalue weighted by atomic mass is 16.5. The Bertz CT molecular complexity index is 930. The molecule has 2 aromatic carbocycles. The largest absolute Gasteiger partial charge is 0.394 e. The van der Waals surface area contributed by atoms with Crippen molar-refractivity contribution in [2.24, 2.45) is 0 Å². The van der Waals surface area contributed by atoms with Gasteiger partial charge in [0.2, 0.25) is 0 Å². The van der Waals surface area contributed by atoms with Gasteiger partial charge in [-0.15, -0.1) is 0 Å². The highest BCUT2D eigenvalue weighted by Crippen LogP contribution is 2.37. The number of benzene rings is 2. The van der Waals surface area contributed by atoms with Crippen LogP contribution in [0.3, 0.4) is 0 Å². The summed E-state index contributed by atoms with van der Waals surface area (Å²) in [7, 11) is 4.54. The first kappa shape index (κ1) is 21.6. The van der Waals surface area contributed by atoms with Crippen LogP contribution in [0.5, 0.6) is 0 Å². The fourth-order valence-electron chi connectivity index (χ4n) is 4.96. The molecular weight excluding hydrogens is 378 g/mol. The van der Waals surface area contributed by atoms with Gasteiger partial charge in [-0.3, -0.25) is 0 Å². The van der Waals surface area contributed by atoms with Crippen LogP contribution in [-0.2, 0) is 29.2 Å². The van der Waals surface area contributed by atoms with E-state index in [1.807, 2.05) is 18.2 Å². The maximum Gasteiger partial charge on any atom is 0.113 e. The second-order valence-corrected chi connectivity index (χ2v) is 9.36. The van der Waals surface area contributed by atoms with Crippen LogP contribution < -0.4 is 0 Å². The molecule has 30 heavy (non-hydrogen) atoms. The van der Waals surface area contributed by atoms with E-state index in [1.165, 1.54) is 22.3 Å². The standard InChI is InChI=1S/C23H30B2O5/c1-2-13-4-5-14(22-21(29)20(28)19(27)18(11-26)30-22)9-15(13)7-12-3-6-17-16(8-12)10-23(17,24)25/h3-6,8-9,18-22,26-29H,2,7,10-11,24-25H2,1H3/t18-,19-,20+,21-,22+/m1/s1. The Kier molecular flexibility index (Phi) is 5.86. The van der Waals surface area contributed by atoms with Crippen LogP contribution in [0.25, 0.3) is 0 Å². The number of ether oxygens (including phenoxy) is 1. The molecule has 1 saturated heterocycles. The Morgan fingerprint density at radius 1 is 1.00 bits per heavy atom. The number of aliphatic hydroxyl groups is 4. The molecule has 0 radical (unpaired) electrons. The molecule has 0 aromatic heterocycles. The third-order valence-electron chi connectivity index (χ3n) is 6.76. The van der Waals surface area contributed by atoms with Crippen molar-refractivity contribution in [3.05, 3.63) is 69.8 Å². The summed E-state index contributed by atoms with van der Waals surface area (Å²) >= 11 is 0. The quantitative estimate of drug-likeness (QED) is 0.493. The summed E-state index contributed by atoms with van der Waals surface area (Å²) in [5.74, 6) is 0. The first-order valence-electron chi connectivity index (χ1n) is 10.8. The summed E-state index contributed by atoms with van der Waals surface area (Å²) in [6.45, 7) is 1.69. The van der Waals surface area contributed by atoms with Gasteiger partial charge in [0.05, 0.1) is 6.61 Å². The Morgan fingerprint density at radius 2 is 1.77 bits per heavy atom. The zero-order chi connectivity index (χ0) is 21.6. The lowest BCUT2D eigenvalue weighted by atomic mass is 9.42. The highest BCUT2D eigenvalue weighted by molar-refractivity contribution is 6.41. The summed E-state index contributed by atoms with van der Waals surface area (Å²) in [5, 5.41) is 40.4. The van der Waals surface area contributed by atoms with Gasteiger partial charge < -0.3 is 25.2 Å². The molecule has 1 aliphatic carbocycles. The molecule has 158 valence electrons. The average molecular weight is 408 g/mol. The van der Waals surface area contributed by atoms with Gasteiger partial charge in [0, 0.05) is 0 Å². The zero-order valence-corrected chi connectivity index (χ0v) is 17.9. The van der Waals surface area contributed by atoms with Gasteiger partial charge in [-0.25, -0.2) is 0 Å². The van der Waals surface area contributed by atoms with E-state index in [-0.39, 0.29) is 5.21 Å². The predicted octanol–water partition coefficient (Wildman–Crippen LogP) is -0.670. The van der Waals surface area contributed by atoms with Crippen LogP contribution >= 0.6 is 0 Å². The number of hydrogen-bond donors (Lipinski definition) is 4. The molecule has 5 nitrogen and oxygen atoms in total. The minimum Gasteiger partial charge on any atom is -0.394 e. The molecule has 0 saturated carbocycles. The van der Waals surface area contributed by atoms with Crippen LogP contribution in [0, 0.1) is 0 Å². The smallest absolute Gasteiger partial charge is 0.113 e. The predicted molar refractivity (Wildman–Crippen MR) is 120 cm³/mol. The van der Waals surface area contributed by atoms with Crippen LogP contribution in [0.15, 0.2) is 36.4 Å². The Balaban J connectivity index is 1.62. The maximum absolute atomic E-state index is 10.5. The van der Waals surface area contributed by atoms with E-state index in [0.29, 0.717) is 0 Å². The fourth-order valence-corrected chi connectivity index (χ4v) is 4.96. The summed E-state index contributed by atoms with van der Waals surface area (Å²) in [4.78, 5) is 0. The van der Waals surface area contributed by atoms with Crippen molar-refractivity contribution < 1.29 is 25.2 Å². The van der Waals surface area contributed by atoms with E-state index in [2.05, 4.69) is 40.8 Å². The second-order valence-electron chi connectivity index (χ2n) is 9.36. The van der Waals surface area contributed by atoms with Gasteiger partial charge in [-0.2, -0.15) is 0 Å². The molecule has 2 aliphatic rings. The van der Waals surface area contributed by atoms with Crippen LogP contribution in [-0.4, -0.2) is 67.1 Å². The fraction of sp³-hybridized carbons (Fsp3) is 0.478. The molecule has 1 fully saturated rings. The third-order valence-corrected chi connectivity index (χ3v) is 6.76. The maximum atomic E-state index is 10.5. The van der Waals surface area contributed by atoms with Gasteiger partial charge in [0.25, 0.3) is 0 Å². The van der Waals surface area contributed by atoms with Crippen LogP contribution in [0.2, 0.25) is 0 Å². The van der Waals surface area contributed by atoms with Gasteiger partial charge in [0.1, 0.15) is 46.2 Å². The van der Waals surface area contributed by atoms with Gasteiger partial charge >= 0.3 is 0 Å². The van der Waals surface area contributed by atoms with Crippen molar-refractivity contribution in [2.75, 3.05) is 6.61 Å². The van der Waals surface area contributed by atoms with E-state index in [9.17, 15) is 20.4 Å². The van der Waals surface area contributed by atoms with Crippen molar-refractivity contribution in [1.82, 2.24) is 0 Å². The number of aryl methyl sites for hydroxylation is 1. The summed E-state index contributed by atoms with van der Waals surface area (Å²) in [5.41, 5.74) is 7.23. The molecular formula is C23H30B2O5. The van der Waals surface area contributed by atoms with E-state index < -0.39 is 37.1 Å². The van der Waals surface area contributed by atoms with Crippen molar-refractivity contribution in [3.63, 3.8) is 0 Å². The average Bonchev–Trinajstić information content (AvgIpc) is 2.71. The lowest BCUT2D eigenvalue weighted by Crippen LogP contribution is -2.55. The second kappa shape index (κ2) is 8.13. The first-order chi connectivity index (χ1) is 14.2. The molecule has 7 heteroatoms. The van der Waals surface area contributed by atoms with E-state index in [1.54, 1.807) is 0 Å². The SMILES string of the molecule is BC1(B)Cc2cc(Cc3cc([C@@H]4O[C@H](CO)[C@@H](O)[C@H](O)[C@H]4O)ccc3CC)ccc21. The highest BCUT2D eigenvalue weighted by Gasteiger charge is 2.44. The van der Waals surface area contributed by atoms with Crippen LogP contribution in [0.4, 0.5) is 0 Å². The molecule has 1 heterocycles. The molecule has 0 spiro atoms. The van der Waals surface area contributed by atoms with Crippen molar-refractivity contribution in [3.8, 4) is 0 Å². The van der Waals surface area contributed by atoms with Crippen molar-refractivity contribution >= 4 is 15.7 Å². The number of fused-ring (bicyclic) bond motifs is 1. The Morgan fingerprint density at radius 3 is 2.40 bits per heavy atom. The lowest BCUT2D eigenvalue weighted by molar-refractivity contribution is -0.231. The first-order valence-corrected chi connectivity index (χ1v) is 10.8.